The number of carboxylic acid groups (broad SMARTS) is 1. The van der Waals surface area contributed by atoms with Crippen LogP contribution in [0.4, 0.5) is 5.69 Å². The molecule has 1 saturated heterocycles. The summed E-state index contributed by atoms with van der Waals surface area (Å²) in [6.45, 7) is 4.77. The molecule has 0 aromatic heterocycles. The summed E-state index contributed by atoms with van der Waals surface area (Å²) in [7, 11) is 0. The van der Waals surface area contributed by atoms with Gasteiger partial charge in [-0.1, -0.05) is 11.6 Å². The Labute approximate surface area is 106 Å². The molecule has 1 aliphatic heterocycles. The van der Waals surface area contributed by atoms with Gasteiger partial charge in [0.15, 0.2) is 0 Å². The Morgan fingerprint density at radius 1 is 1.53 bits per heavy atom. The van der Waals surface area contributed by atoms with Crippen molar-refractivity contribution in [2.75, 3.05) is 11.4 Å². The summed E-state index contributed by atoms with van der Waals surface area (Å²) in [5.41, 5.74) is 2.18. The monoisotopic (exact) mass is 253 g/mol. The van der Waals surface area contributed by atoms with Crippen LogP contribution in [-0.2, 0) is 4.79 Å². The lowest BCUT2D eigenvalue weighted by atomic mass is 10.0. The number of nitrogens with zero attached hydrogens (tertiary/aromatic N) is 1. The molecule has 1 aliphatic rings. The summed E-state index contributed by atoms with van der Waals surface area (Å²) in [6.07, 6.45) is 0.707. The van der Waals surface area contributed by atoms with Gasteiger partial charge in [-0.25, -0.2) is 0 Å². The molecule has 0 saturated carbocycles. The minimum Gasteiger partial charge on any atom is -0.481 e. The zero-order chi connectivity index (χ0) is 12.6. The van der Waals surface area contributed by atoms with Crippen molar-refractivity contribution in [1.29, 1.82) is 0 Å². The van der Waals surface area contributed by atoms with Crippen LogP contribution in [0.25, 0.3) is 0 Å². The highest BCUT2D eigenvalue weighted by atomic mass is 35.5. The number of anilines is 1. The first-order valence-electron chi connectivity index (χ1n) is 5.76. The Bertz CT molecular complexity index is 447. The Morgan fingerprint density at radius 2 is 2.24 bits per heavy atom. The van der Waals surface area contributed by atoms with E-state index in [0.717, 1.165) is 17.8 Å². The van der Waals surface area contributed by atoms with Crippen LogP contribution in [0.15, 0.2) is 18.2 Å². The largest absolute Gasteiger partial charge is 0.481 e. The summed E-state index contributed by atoms with van der Waals surface area (Å²) >= 11 is 5.93. The molecule has 2 unspecified atom stereocenters. The average Bonchev–Trinajstić information content (AvgIpc) is 2.60. The molecular weight excluding hydrogens is 238 g/mol. The predicted molar refractivity (Wildman–Crippen MR) is 68.7 cm³/mol. The number of aliphatic carboxylic acids is 1. The molecule has 0 spiro atoms. The van der Waals surface area contributed by atoms with Crippen LogP contribution in [0.3, 0.4) is 0 Å². The molecule has 1 aromatic rings. The van der Waals surface area contributed by atoms with Crippen LogP contribution < -0.4 is 4.90 Å². The molecule has 4 heteroatoms. The lowest BCUT2D eigenvalue weighted by molar-refractivity contribution is -0.141. The average molecular weight is 254 g/mol. The number of carboxylic acids is 1. The molecule has 0 bridgehead atoms. The van der Waals surface area contributed by atoms with Crippen LogP contribution in [0.2, 0.25) is 5.02 Å². The van der Waals surface area contributed by atoms with Crippen molar-refractivity contribution in [3.05, 3.63) is 28.8 Å². The van der Waals surface area contributed by atoms with Crippen LogP contribution in [0.5, 0.6) is 0 Å². The van der Waals surface area contributed by atoms with Crippen molar-refractivity contribution in [2.45, 2.75) is 26.3 Å². The third-order valence-electron chi connectivity index (χ3n) is 3.54. The molecule has 17 heavy (non-hydrogen) atoms. The maximum atomic E-state index is 11.1. The van der Waals surface area contributed by atoms with Crippen molar-refractivity contribution in [3.8, 4) is 0 Å². The second-order valence-corrected chi connectivity index (χ2v) is 5.03. The minimum atomic E-state index is -0.702. The van der Waals surface area contributed by atoms with Crippen molar-refractivity contribution in [1.82, 2.24) is 0 Å². The normalized spacial score (nSPS) is 24.1. The standard InChI is InChI=1S/C13H16ClNO2/c1-8-7-10(14)3-4-12(8)15-6-5-11(9(15)2)13(16)17/h3-4,7,9,11H,5-6H2,1-2H3,(H,16,17). The highest BCUT2D eigenvalue weighted by molar-refractivity contribution is 6.30. The fourth-order valence-corrected chi connectivity index (χ4v) is 2.78. The SMILES string of the molecule is Cc1cc(Cl)ccc1N1CCC(C(=O)O)C1C. The van der Waals surface area contributed by atoms with E-state index in [1.165, 1.54) is 0 Å². The van der Waals surface area contributed by atoms with E-state index in [1.54, 1.807) is 0 Å². The number of hydrogen-bond acceptors (Lipinski definition) is 2. The minimum absolute atomic E-state index is 0.0346. The quantitative estimate of drug-likeness (QED) is 0.881. The van der Waals surface area contributed by atoms with Crippen LogP contribution in [0.1, 0.15) is 18.9 Å². The van der Waals surface area contributed by atoms with Gasteiger partial charge in [0.2, 0.25) is 0 Å². The van der Waals surface area contributed by atoms with Crippen molar-refractivity contribution in [3.63, 3.8) is 0 Å². The predicted octanol–water partition coefficient (Wildman–Crippen LogP) is 2.95. The van der Waals surface area contributed by atoms with E-state index >= 15 is 0 Å². The molecule has 2 atom stereocenters. The molecule has 3 nitrogen and oxygen atoms in total. The number of aryl methyl sites for hydroxylation is 1. The third kappa shape index (κ3) is 2.25. The van der Waals surface area contributed by atoms with E-state index in [4.69, 9.17) is 16.7 Å². The number of halogens is 1. The Kier molecular flexibility index (Phi) is 3.29. The highest BCUT2D eigenvalue weighted by Gasteiger charge is 2.36. The van der Waals surface area contributed by atoms with E-state index in [9.17, 15) is 4.79 Å². The topological polar surface area (TPSA) is 40.5 Å². The van der Waals surface area contributed by atoms with Gasteiger partial charge in [-0.2, -0.15) is 0 Å². The second-order valence-electron chi connectivity index (χ2n) is 4.60. The number of rotatable bonds is 2. The molecule has 0 aliphatic carbocycles. The number of hydrogen-bond donors (Lipinski definition) is 1. The summed E-state index contributed by atoms with van der Waals surface area (Å²) in [5.74, 6) is -0.975. The molecule has 92 valence electrons. The summed E-state index contributed by atoms with van der Waals surface area (Å²) in [5, 5.41) is 9.83. The first-order chi connectivity index (χ1) is 8.00. The molecule has 0 radical (unpaired) electrons. The van der Waals surface area contributed by atoms with Gasteiger partial charge in [-0.15, -0.1) is 0 Å². The lowest BCUT2D eigenvalue weighted by Crippen LogP contribution is -2.33. The molecule has 1 aromatic carbocycles. The Morgan fingerprint density at radius 3 is 2.76 bits per heavy atom. The molecule has 2 rings (SSSR count). The van der Waals surface area contributed by atoms with E-state index in [1.807, 2.05) is 32.0 Å². The maximum absolute atomic E-state index is 11.1. The number of carbonyl (C=O) groups is 1. The molecule has 1 N–H and O–H groups in total. The van der Waals surface area contributed by atoms with Crippen molar-refractivity contribution >= 4 is 23.3 Å². The molecular formula is C13H16ClNO2. The number of benzene rings is 1. The summed E-state index contributed by atoms with van der Waals surface area (Å²) in [4.78, 5) is 13.2. The van der Waals surface area contributed by atoms with Gasteiger partial charge < -0.3 is 10.0 Å². The van der Waals surface area contributed by atoms with Gasteiger partial charge in [0, 0.05) is 23.3 Å². The summed E-state index contributed by atoms with van der Waals surface area (Å²) in [6, 6.07) is 5.77. The molecule has 0 amide bonds. The third-order valence-corrected chi connectivity index (χ3v) is 3.78. The van der Waals surface area contributed by atoms with Gasteiger partial charge in [0.1, 0.15) is 0 Å². The molecule has 1 heterocycles. The van der Waals surface area contributed by atoms with Gasteiger partial charge in [0.25, 0.3) is 0 Å². The first-order valence-corrected chi connectivity index (χ1v) is 6.14. The van der Waals surface area contributed by atoms with E-state index in [-0.39, 0.29) is 12.0 Å². The van der Waals surface area contributed by atoms with E-state index < -0.39 is 5.97 Å². The van der Waals surface area contributed by atoms with Crippen LogP contribution >= 0.6 is 11.6 Å². The van der Waals surface area contributed by atoms with Crippen LogP contribution in [-0.4, -0.2) is 23.7 Å². The Hall–Kier alpha value is -1.22. The smallest absolute Gasteiger partial charge is 0.308 e. The van der Waals surface area contributed by atoms with Crippen molar-refractivity contribution < 1.29 is 9.90 Å². The second kappa shape index (κ2) is 4.57. The Balaban J connectivity index is 2.27. The summed E-state index contributed by atoms with van der Waals surface area (Å²) < 4.78 is 0. The van der Waals surface area contributed by atoms with E-state index in [0.29, 0.717) is 11.4 Å². The van der Waals surface area contributed by atoms with Crippen LogP contribution in [0, 0.1) is 12.8 Å². The molecule has 1 fully saturated rings. The zero-order valence-electron chi connectivity index (χ0n) is 9.98. The van der Waals surface area contributed by atoms with Crippen molar-refractivity contribution in [2.24, 2.45) is 5.92 Å². The van der Waals surface area contributed by atoms with E-state index in [2.05, 4.69) is 4.90 Å². The highest BCUT2D eigenvalue weighted by Crippen LogP contribution is 2.32. The van der Waals surface area contributed by atoms with Gasteiger partial charge in [-0.3, -0.25) is 4.79 Å². The van der Waals surface area contributed by atoms with Gasteiger partial charge in [0.05, 0.1) is 5.92 Å². The lowest BCUT2D eigenvalue weighted by Gasteiger charge is -2.27. The van der Waals surface area contributed by atoms with Gasteiger partial charge >= 0.3 is 5.97 Å². The van der Waals surface area contributed by atoms with Gasteiger partial charge in [-0.05, 0) is 44.0 Å². The fraction of sp³-hybridized carbons (Fsp3) is 0.462. The fourth-order valence-electron chi connectivity index (χ4n) is 2.55. The maximum Gasteiger partial charge on any atom is 0.308 e. The zero-order valence-corrected chi connectivity index (χ0v) is 10.7. The first kappa shape index (κ1) is 12.2.